The highest BCUT2D eigenvalue weighted by atomic mass is 16.2. The van der Waals surface area contributed by atoms with Crippen LogP contribution in [0.3, 0.4) is 0 Å². The number of hydrogen-bond donors (Lipinski definition) is 1. The lowest BCUT2D eigenvalue weighted by molar-refractivity contribution is 0.197. The summed E-state index contributed by atoms with van der Waals surface area (Å²) in [7, 11) is 1.83. The second-order valence-corrected chi connectivity index (χ2v) is 4.17. The van der Waals surface area contributed by atoms with Gasteiger partial charge in [0, 0.05) is 38.4 Å². The van der Waals surface area contributed by atoms with Crippen molar-refractivity contribution >= 4 is 11.8 Å². The Bertz CT molecular complexity index is 407. The quantitative estimate of drug-likeness (QED) is 0.856. The number of carbonyl (C=O) groups excluding carboxylic acids is 1. The minimum absolute atomic E-state index is 0.0938. The fraction of sp³-hybridized carbons (Fsp3) is 0.500. The number of anilines is 1. The molecule has 1 N–H and O–H groups in total. The molecule has 0 unspecified atom stereocenters. The lowest BCUT2D eigenvalue weighted by Gasteiger charge is -2.17. The van der Waals surface area contributed by atoms with Gasteiger partial charge in [0.2, 0.25) is 0 Å². The molecule has 5 nitrogen and oxygen atoms in total. The van der Waals surface area contributed by atoms with E-state index in [4.69, 9.17) is 0 Å². The van der Waals surface area contributed by atoms with Crippen molar-refractivity contribution in [2.75, 3.05) is 32.0 Å². The number of nitrogens with zero attached hydrogens (tertiary/aromatic N) is 3. The molecule has 0 aromatic carbocycles. The van der Waals surface area contributed by atoms with E-state index in [1.807, 2.05) is 31.0 Å². The first kappa shape index (κ1) is 11.7. The van der Waals surface area contributed by atoms with Crippen LogP contribution in [0.1, 0.15) is 12.5 Å². The molecule has 5 heteroatoms. The lowest BCUT2D eigenvalue weighted by Crippen LogP contribution is -2.29. The van der Waals surface area contributed by atoms with Crippen LogP contribution in [0.15, 0.2) is 18.3 Å². The number of pyridine rings is 1. The highest BCUT2D eigenvalue weighted by Gasteiger charge is 2.25. The Morgan fingerprint density at radius 3 is 2.94 bits per heavy atom. The maximum atomic E-state index is 11.8. The number of likely N-dealkylation sites (N-methyl/N-ethyl adjacent to an activating group) is 1. The molecule has 0 radical (unpaired) electrons. The first-order chi connectivity index (χ1) is 8.22. The highest BCUT2D eigenvalue weighted by Crippen LogP contribution is 2.17. The van der Waals surface area contributed by atoms with Gasteiger partial charge in [-0.2, -0.15) is 0 Å². The zero-order valence-electron chi connectivity index (χ0n) is 10.3. The Kier molecular flexibility index (Phi) is 3.46. The molecule has 0 atom stereocenters. The molecular weight excluding hydrogens is 216 g/mol. The lowest BCUT2D eigenvalue weighted by atomic mass is 10.2. The van der Waals surface area contributed by atoms with Crippen LogP contribution in [-0.2, 0) is 6.54 Å². The molecule has 0 spiro atoms. The zero-order chi connectivity index (χ0) is 12.3. The van der Waals surface area contributed by atoms with Crippen molar-refractivity contribution < 1.29 is 4.79 Å². The van der Waals surface area contributed by atoms with Gasteiger partial charge in [-0.1, -0.05) is 6.07 Å². The SMILES string of the molecule is CCNc1ncccc1CN1CCN(C)C1=O. The van der Waals surface area contributed by atoms with E-state index in [1.165, 1.54) is 0 Å². The van der Waals surface area contributed by atoms with Crippen LogP contribution in [0.25, 0.3) is 0 Å². The van der Waals surface area contributed by atoms with E-state index in [0.29, 0.717) is 6.54 Å². The second-order valence-electron chi connectivity index (χ2n) is 4.17. The maximum Gasteiger partial charge on any atom is 0.320 e. The van der Waals surface area contributed by atoms with Crippen molar-refractivity contribution in [3.8, 4) is 0 Å². The molecule has 0 bridgehead atoms. The molecule has 1 fully saturated rings. The number of hydrogen-bond acceptors (Lipinski definition) is 3. The maximum absolute atomic E-state index is 11.8. The number of aromatic nitrogens is 1. The Morgan fingerprint density at radius 1 is 1.47 bits per heavy atom. The average Bonchev–Trinajstić information content (AvgIpc) is 2.64. The van der Waals surface area contributed by atoms with Gasteiger partial charge in [0.1, 0.15) is 5.82 Å². The van der Waals surface area contributed by atoms with E-state index in [9.17, 15) is 4.79 Å². The van der Waals surface area contributed by atoms with Crippen LogP contribution in [0.4, 0.5) is 10.6 Å². The molecule has 1 saturated heterocycles. The smallest absolute Gasteiger partial charge is 0.320 e. The predicted molar refractivity (Wildman–Crippen MR) is 66.8 cm³/mol. The van der Waals surface area contributed by atoms with E-state index in [-0.39, 0.29) is 6.03 Å². The van der Waals surface area contributed by atoms with Crippen LogP contribution in [0, 0.1) is 0 Å². The third kappa shape index (κ3) is 2.49. The van der Waals surface area contributed by atoms with Gasteiger partial charge < -0.3 is 15.1 Å². The summed E-state index contributed by atoms with van der Waals surface area (Å²) < 4.78 is 0. The molecule has 0 aliphatic carbocycles. The molecule has 2 rings (SSSR count). The Hall–Kier alpha value is -1.78. The van der Waals surface area contributed by atoms with E-state index in [1.54, 1.807) is 11.1 Å². The standard InChI is InChI=1S/C12H18N4O/c1-3-13-11-10(5-4-6-14-11)9-16-8-7-15(2)12(16)17/h4-6H,3,7-9H2,1-2H3,(H,13,14). The summed E-state index contributed by atoms with van der Waals surface area (Å²) in [6.07, 6.45) is 1.76. The highest BCUT2D eigenvalue weighted by molar-refractivity contribution is 5.76. The van der Waals surface area contributed by atoms with E-state index < -0.39 is 0 Å². The van der Waals surface area contributed by atoms with E-state index in [2.05, 4.69) is 10.3 Å². The molecule has 1 aromatic rings. The largest absolute Gasteiger partial charge is 0.370 e. The van der Waals surface area contributed by atoms with E-state index >= 15 is 0 Å². The van der Waals surface area contributed by atoms with Crippen LogP contribution in [0.2, 0.25) is 0 Å². The molecule has 1 aliphatic heterocycles. The third-order valence-electron chi connectivity index (χ3n) is 2.90. The first-order valence-electron chi connectivity index (χ1n) is 5.90. The minimum atomic E-state index is 0.0938. The minimum Gasteiger partial charge on any atom is -0.370 e. The number of amides is 2. The third-order valence-corrected chi connectivity index (χ3v) is 2.90. The zero-order valence-corrected chi connectivity index (χ0v) is 10.3. The molecule has 1 aliphatic rings. The van der Waals surface area contributed by atoms with Gasteiger partial charge in [0.25, 0.3) is 0 Å². The normalized spacial score (nSPS) is 15.5. The van der Waals surface area contributed by atoms with Crippen LogP contribution < -0.4 is 5.32 Å². The van der Waals surface area contributed by atoms with Crippen molar-refractivity contribution in [3.05, 3.63) is 23.9 Å². The summed E-state index contributed by atoms with van der Waals surface area (Å²) in [5.41, 5.74) is 1.07. The summed E-state index contributed by atoms with van der Waals surface area (Å²) in [6.45, 7) is 5.08. The van der Waals surface area contributed by atoms with Gasteiger partial charge >= 0.3 is 6.03 Å². The van der Waals surface area contributed by atoms with Crippen molar-refractivity contribution in [1.82, 2.24) is 14.8 Å². The summed E-state index contributed by atoms with van der Waals surface area (Å²) in [4.78, 5) is 19.7. The average molecular weight is 234 g/mol. The number of nitrogens with one attached hydrogen (secondary N) is 1. The topological polar surface area (TPSA) is 48.5 Å². The van der Waals surface area contributed by atoms with Crippen molar-refractivity contribution in [2.24, 2.45) is 0 Å². The number of urea groups is 1. The van der Waals surface area contributed by atoms with Gasteiger partial charge in [-0.3, -0.25) is 0 Å². The first-order valence-corrected chi connectivity index (χ1v) is 5.90. The Morgan fingerprint density at radius 2 is 2.29 bits per heavy atom. The Balaban J connectivity index is 2.10. The summed E-state index contributed by atoms with van der Waals surface area (Å²) in [6, 6.07) is 4.01. The molecule has 92 valence electrons. The second kappa shape index (κ2) is 5.03. The van der Waals surface area contributed by atoms with Crippen LogP contribution in [0.5, 0.6) is 0 Å². The number of rotatable bonds is 4. The Labute approximate surface area is 101 Å². The molecule has 2 amide bonds. The molecule has 17 heavy (non-hydrogen) atoms. The fourth-order valence-electron chi connectivity index (χ4n) is 1.95. The molecule has 2 heterocycles. The van der Waals surface area contributed by atoms with Gasteiger partial charge in [-0.15, -0.1) is 0 Å². The number of carbonyl (C=O) groups is 1. The summed E-state index contributed by atoms with van der Waals surface area (Å²) in [5, 5.41) is 3.21. The van der Waals surface area contributed by atoms with Gasteiger partial charge in [-0.25, -0.2) is 9.78 Å². The fourth-order valence-corrected chi connectivity index (χ4v) is 1.95. The van der Waals surface area contributed by atoms with Crippen molar-refractivity contribution in [1.29, 1.82) is 0 Å². The molecular formula is C12H18N4O. The predicted octanol–water partition coefficient (Wildman–Crippen LogP) is 1.38. The van der Waals surface area contributed by atoms with Crippen molar-refractivity contribution in [3.63, 3.8) is 0 Å². The van der Waals surface area contributed by atoms with Crippen LogP contribution >= 0.6 is 0 Å². The van der Waals surface area contributed by atoms with Crippen molar-refractivity contribution in [2.45, 2.75) is 13.5 Å². The summed E-state index contributed by atoms with van der Waals surface area (Å²) >= 11 is 0. The van der Waals surface area contributed by atoms with Crippen LogP contribution in [-0.4, -0.2) is 47.5 Å². The van der Waals surface area contributed by atoms with Gasteiger partial charge in [0.05, 0.1) is 6.54 Å². The van der Waals surface area contributed by atoms with Gasteiger partial charge in [0.15, 0.2) is 0 Å². The van der Waals surface area contributed by atoms with Gasteiger partial charge in [-0.05, 0) is 13.0 Å². The molecule has 1 aromatic heterocycles. The van der Waals surface area contributed by atoms with E-state index in [0.717, 1.165) is 31.0 Å². The summed E-state index contributed by atoms with van der Waals surface area (Å²) in [5.74, 6) is 0.873. The monoisotopic (exact) mass is 234 g/mol. The molecule has 0 saturated carbocycles.